The number of ether oxygens (including phenoxy) is 2. The number of pyridine rings is 1. The lowest BCUT2D eigenvalue weighted by Crippen LogP contribution is -2.13. The smallest absolute Gasteiger partial charge is 0.310 e. The molecular formula is C25H25ClN4O3S. The number of halogens is 1. The van der Waals surface area contributed by atoms with Crippen LogP contribution < -0.4 is 4.74 Å². The molecule has 0 radical (unpaired) electrons. The summed E-state index contributed by atoms with van der Waals surface area (Å²) in [5.74, 6) is 0.689. The van der Waals surface area contributed by atoms with Gasteiger partial charge in [0, 0.05) is 18.1 Å². The molecule has 1 aliphatic rings. The number of rotatable bonds is 4. The molecule has 0 aliphatic carbocycles. The Labute approximate surface area is 206 Å². The van der Waals surface area contributed by atoms with Crippen molar-refractivity contribution in [2.45, 2.75) is 40.0 Å². The molecule has 34 heavy (non-hydrogen) atoms. The Morgan fingerprint density at radius 1 is 1.26 bits per heavy atom. The Morgan fingerprint density at radius 2 is 2.06 bits per heavy atom. The fourth-order valence-corrected chi connectivity index (χ4v) is 5.74. The molecular weight excluding hydrogens is 472 g/mol. The van der Waals surface area contributed by atoms with E-state index in [9.17, 15) is 4.79 Å². The van der Waals surface area contributed by atoms with Gasteiger partial charge in [-0.25, -0.2) is 9.97 Å². The van der Waals surface area contributed by atoms with Gasteiger partial charge in [0.25, 0.3) is 0 Å². The number of carbonyl (C=O) groups is 1. The molecule has 0 saturated carbocycles. The van der Waals surface area contributed by atoms with Gasteiger partial charge in [-0.05, 0) is 102 Å². The first-order valence-corrected chi connectivity index (χ1v) is 12.3. The van der Waals surface area contributed by atoms with E-state index in [0.717, 1.165) is 74.9 Å². The first-order valence-electron chi connectivity index (χ1n) is 11.1. The average molecular weight is 497 g/mol. The molecule has 4 aromatic rings. The molecule has 0 N–H and O–H groups in total. The second kappa shape index (κ2) is 8.67. The quantitative estimate of drug-likeness (QED) is 0.353. The molecule has 0 saturated heterocycles. The van der Waals surface area contributed by atoms with Crippen LogP contribution in [0.5, 0.6) is 5.75 Å². The third kappa shape index (κ3) is 3.65. The molecule has 0 atom stereocenters. The number of esters is 1. The zero-order chi connectivity index (χ0) is 24.1. The maximum absolute atomic E-state index is 12.4. The van der Waals surface area contributed by atoms with E-state index in [1.807, 2.05) is 18.5 Å². The fourth-order valence-electron chi connectivity index (χ4n) is 4.88. The number of hydrogen-bond donors (Lipinski definition) is 0. The molecule has 7 nitrogen and oxygen atoms in total. The number of aromatic nitrogens is 4. The molecule has 0 spiro atoms. The number of aryl methyl sites for hydroxylation is 3. The SMILES string of the molecule is COC(=O)Cc1c(C)nc2c(cc(-c3nc(Cl)ns3)n2C)c1-c1cc(C)c2c(c1C)CCCO2. The highest BCUT2D eigenvalue weighted by Crippen LogP contribution is 2.43. The van der Waals surface area contributed by atoms with Crippen LogP contribution in [0, 0.1) is 20.8 Å². The largest absolute Gasteiger partial charge is 0.493 e. The van der Waals surface area contributed by atoms with Crippen molar-refractivity contribution in [1.29, 1.82) is 0 Å². The zero-order valence-electron chi connectivity index (χ0n) is 19.8. The molecule has 9 heteroatoms. The van der Waals surface area contributed by atoms with Crippen LogP contribution in [-0.2, 0) is 29.4 Å². The van der Waals surface area contributed by atoms with Gasteiger partial charge in [0.2, 0.25) is 5.28 Å². The van der Waals surface area contributed by atoms with Crippen LogP contribution in [-0.4, -0.2) is 38.6 Å². The van der Waals surface area contributed by atoms with Crippen LogP contribution in [0.1, 0.15) is 34.4 Å². The molecule has 176 valence electrons. The fraction of sp³-hybridized carbons (Fsp3) is 0.360. The molecule has 3 aromatic heterocycles. The van der Waals surface area contributed by atoms with Gasteiger partial charge in [-0.15, -0.1) is 0 Å². The number of hydrogen-bond acceptors (Lipinski definition) is 7. The summed E-state index contributed by atoms with van der Waals surface area (Å²) in [6.07, 6.45) is 2.10. The first-order chi connectivity index (χ1) is 16.3. The molecule has 4 heterocycles. The van der Waals surface area contributed by atoms with E-state index in [0.29, 0.717) is 0 Å². The van der Waals surface area contributed by atoms with Crippen molar-refractivity contribution in [3.8, 4) is 27.6 Å². The van der Waals surface area contributed by atoms with Crippen molar-refractivity contribution < 1.29 is 14.3 Å². The van der Waals surface area contributed by atoms with Crippen molar-refractivity contribution in [2.24, 2.45) is 7.05 Å². The average Bonchev–Trinajstić information content (AvgIpc) is 3.40. The Morgan fingerprint density at radius 3 is 2.76 bits per heavy atom. The van der Waals surface area contributed by atoms with E-state index >= 15 is 0 Å². The van der Waals surface area contributed by atoms with Crippen molar-refractivity contribution in [2.75, 3.05) is 13.7 Å². The third-order valence-electron chi connectivity index (χ3n) is 6.59. The molecule has 0 unspecified atom stereocenters. The zero-order valence-corrected chi connectivity index (χ0v) is 21.4. The highest BCUT2D eigenvalue weighted by molar-refractivity contribution is 7.09. The summed E-state index contributed by atoms with van der Waals surface area (Å²) in [4.78, 5) is 21.7. The van der Waals surface area contributed by atoms with E-state index in [-0.39, 0.29) is 17.7 Å². The molecule has 1 aliphatic heterocycles. The third-order valence-corrected chi connectivity index (χ3v) is 7.60. The number of carbonyl (C=O) groups excluding carboxylic acids is 1. The molecule has 0 amide bonds. The van der Waals surface area contributed by atoms with E-state index in [2.05, 4.69) is 35.3 Å². The van der Waals surface area contributed by atoms with Crippen LogP contribution in [0.2, 0.25) is 5.28 Å². The summed E-state index contributed by atoms with van der Waals surface area (Å²) in [6, 6.07) is 4.24. The normalized spacial score (nSPS) is 13.1. The van der Waals surface area contributed by atoms with Gasteiger partial charge in [0.15, 0.2) is 5.01 Å². The summed E-state index contributed by atoms with van der Waals surface area (Å²) in [5.41, 5.74) is 8.93. The van der Waals surface area contributed by atoms with Crippen molar-refractivity contribution >= 4 is 40.1 Å². The van der Waals surface area contributed by atoms with Gasteiger partial charge in [0.05, 0.1) is 25.8 Å². The minimum absolute atomic E-state index is 0.140. The Balaban J connectivity index is 1.86. The van der Waals surface area contributed by atoms with Crippen molar-refractivity contribution in [1.82, 2.24) is 18.9 Å². The van der Waals surface area contributed by atoms with E-state index in [4.69, 9.17) is 26.1 Å². The van der Waals surface area contributed by atoms with E-state index in [1.54, 1.807) is 0 Å². The lowest BCUT2D eigenvalue weighted by molar-refractivity contribution is -0.139. The number of benzene rings is 1. The summed E-state index contributed by atoms with van der Waals surface area (Å²) in [5, 5.41) is 1.89. The molecule has 1 aromatic carbocycles. The lowest BCUT2D eigenvalue weighted by Gasteiger charge is -2.25. The van der Waals surface area contributed by atoms with Crippen LogP contribution >= 0.6 is 23.1 Å². The maximum Gasteiger partial charge on any atom is 0.310 e. The van der Waals surface area contributed by atoms with Crippen molar-refractivity contribution in [3.05, 3.63) is 45.4 Å². The minimum atomic E-state index is -0.298. The molecule has 0 bridgehead atoms. The van der Waals surface area contributed by atoms with Gasteiger partial charge in [-0.1, -0.05) is 0 Å². The Kier molecular flexibility index (Phi) is 5.81. The maximum atomic E-state index is 12.4. The molecule has 5 rings (SSSR count). The molecule has 0 fully saturated rings. The van der Waals surface area contributed by atoms with Crippen LogP contribution in [0.25, 0.3) is 32.9 Å². The van der Waals surface area contributed by atoms with E-state index < -0.39 is 0 Å². The highest BCUT2D eigenvalue weighted by atomic mass is 35.5. The topological polar surface area (TPSA) is 79.1 Å². The van der Waals surface area contributed by atoms with Gasteiger partial charge in [-0.3, -0.25) is 4.79 Å². The van der Waals surface area contributed by atoms with Crippen LogP contribution in [0.15, 0.2) is 12.1 Å². The summed E-state index contributed by atoms with van der Waals surface area (Å²) < 4.78 is 17.2. The number of methoxy groups -OCH3 is 1. The summed E-state index contributed by atoms with van der Waals surface area (Å²) >= 11 is 7.27. The van der Waals surface area contributed by atoms with Gasteiger partial charge in [0.1, 0.15) is 11.4 Å². The monoisotopic (exact) mass is 496 g/mol. The minimum Gasteiger partial charge on any atom is -0.493 e. The lowest BCUT2D eigenvalue weighted by atomic mass is 9.86. The van der Waals surface area contributed by atoms with E-state index in [1.165, 1.54) is 29.8 Å². The van der Waals surface area contributed by atoms with Gasteiger partial charge >= 0.3 is 5.97 Å². The predicted octanol–water partition coefficient (Wildman–Crippen LogP) is 5.38. The second-order valence-corrected chi connectivity index (χ2v) is 9.71. The summed E-state index contributed by atoms with van der Waals surface area (Å²) in [7, 11) is 3.37. The number of fused-ring (bicyclic) bond motifs is 2. The number of nitrogens with zero attached hydrogens (tertiary/aromatic N) is 4. The van der Waals surface area contributed by atoms with Crippen LogP contribution in [0.4, 0.5) is 0 Å². The second-order valence-electron chi connectivity index (χ2n) is 8.62. The van der Waals surface area contributed by atoms with Crippen LogP contribution in [0.3, 0.4) is 0 Å². The summed E-state index contributed by atoms with van der Waals surface area (Å²) in [6.45, 7) is 6.91. The first kappa shape index (κ1) is 22.8. The standard InChI is InChI=1S/C25H25ClN4O3S/c1-12-9-16(13(2)15-7-6-8-33-22(12)15)21-17(11-20(31)32-5)14(3)27-23-18(21)10-19(30(23)4)24-28-25(26)29-34-24/h9-10H,6-8,11H2,1-5H3. The van der Waals surface area contributed by atoms with Gasteiger partial charge in [-0.2, -0.15) is 4.37 Å². The Bertz CT molecular complexity index is 1460. The Hall–Kier alpha value is -2.97. The highest BCUT2D eigenvalue weighted by Gasteiger charge is 2.26. The van der Waals surface area contributed by atoms with Gasteiger partial charge < -0.3 is 14.0 Å². The van der Waals surface area contributed by atoms with Crippen molar-refractivity contribution in [3.63, 3.8) is 0 Å². The predicted molar refractivity (Wildman–Crippen MR) is 134 cm³/mol.